The van der Waals surface area contributed by atoms with E-state index in [9.17, 15) is 4.79 Å². The predicted molar refractivity (Wildman–Crippen MR) is 102 cm³/mol. The van der Waals surface area contributed by atoms with Gasteiger partial charge < -0.3 is 10.1 Å². The summed E-state index contributed by atoms with van der Waals surface area (Å²) in [6.45, 7) is 7.18. The topological polar surface area (TPSA) is 41.6 Å². The van der Waals surface area contributed by atoms with Crippen LogP contribution in [-0.2, 0) is 9.53 Å². The van der Waals surface area contributed by atoms with Gasteiger partial charge in [0.25, 0.3) is 0 Å². The fraction of sp³-hybridized carbons (Fsp3) is 0.952. The fourth-order valence-corrected chi connectivity index (χ4v) is 4.92. The summed E-state index contributed by atoms with van der Waals surface area (Å²) in [5.74, 6) is 1.55. The standard InChI is InChI=1S/C21H38N2O2/c1-16-7-6-10-20(17(16)2)22-21(24)15-23-13-11-19(12-14-23)25-18-8-4-3-5-9-18/h16-20H,3-15H2,1-2H3,(H,22,24). The first kappa shape index (κ1) is 19.2. The molecule has 4 nitrogen and oxygen atoms in total. The monoisotopic (exact) mass is 350 g/mol. The lowest BCUT2D eigenvalue weighted by Crippen LogP contribution is -2.49. The Labute approximate surface area is 154 Å². The van der Waals surface area contributed by atoms with E-state index in [2.05, 4.69) is 24.1 Å². The molecule has 0 aromatic heterocycles. The van der Waals surface area contributed by atoms with Gasteiger partial charge in [-0.3, -0.25) is 9.69 Å². The molecule has 0 bridgehead atoms. The van der Waals surface area contributed by atoms with Crippen molar-refractivity contribution in [3.05, 3.63) is 0 Å². The van der Waals surface area contributed by atoms with Gasteiger partial charge in [0.1, 0.15) is 0 Å². The molecular weight excluding hydrogens is 312 g/mol. The molecule has 3 aliphatic rings. The first-order valence-corrected chi connectivity index (χ1v) is 10.8. The molecule has 1 aliphatic heterocycles. The maximum absolute atomic E-state index is 12.4. The number of ether oxygens (including phenoxy) is 1. The van der Waals surface area contributed by atoms with Gasteiger partial charge in [0, 0.05) is 19.1 Å². The lowest BCUT2D eigenvalue weighted by molar-refractivity contribution is -0.124. The lowest BCUT2D eigenvalue weighted by Gasteiger charge is -2.36. The Hall–Kier alpha value is -0.610. The third kappa shape index (κ3) is 5.68. The fourth-order valence-electron chi connectivity index (χ4n) is 4.92. The summed E-state index contributed by atoms with van der Waals surface area (Å²) in [5, 5.41) is 3.31. The van der Waals surface area contributed by atoms with Crippen LogP contribution in [0.25, 0.3) is 0 Å². The maximum atomic E-state index is 12.4. The molecule has 0 spiro atoms. The van der Waals surface area contributed by atoms with Crippen molar-refractivity contribution < 1.29 is 9.53 Å². The second-order valence-corrected chi connectivity index (χ2v) is 8.81. The third-order valence-corrected chi connectivity index (χ3v) is 6.89. The highest BCUT2D eigenvalue weighted by Gasteiger charge is 2.29. The van der Waals surface area contributed by atoms with Gasteiger partial charge in [0.05, 0.1) is 18.8 Å². The molecule has 3 rings (SSSR count). The number of hydrogen-bond donors (Lipinski definition) is 1. The van der Waals surface area contributed by atoms with Gasteiger partial charge in [-0.25, -0.2) is 0 Å². The molecule has 0 aromatic carbocycles. The van der Waals surface area contributed by atoms with Crippen LogP contribution in [0.1, 0.15) is 78.1 Å². The highest BCUT2D eigenvalue weighted by atomic mass is 16.5. The van der Waals surface area contributed by atoms with E-state index in [1.165, 1.54) is 44.9 Å². The van der Waals surface area contributed by atoms with Crippen LogP contribution in [0.4, 0.5) is 0 Å². The van der Waals surface area contributed by atoms with Gasteiger partial charge in [-0.1, -0.05) is 46.0 Å². The zero-order chi connectivity index (χ0) is 17.6. The van der Waals surface area contributed by atoms with Crippen molar-refractivity contribution in [2.24, 2.45) is 11.8 Å². The molecule has 144 valence electrons. The van der Waals surface area contributed by atoms with Gasteiger partial charge >= 0.3 is 0 Å². The normalized spacial score (nSPS) is 33.3. The molecule has 1 heterocycles. The van der Waals surface area contributed by atoms with Gasteiger partial charge in [-0.05, 0) is 43.9 Å². The molecule has 3 fully saturated rings. The minimum absolute atomic E-state index is 0.220. The van der Waals surface area contributed by atoms with E-state index in [-0.39, 0.29) is 5.91 Å². The molecule has 3 atom stereocenters. The van der Waals surface area contributed by atoms with Crippen molar-refractivity contribution >= 4 is 5.91 Å². The van der Waals surface area contributed by atoms with Crippen molar-refractivity contribution in [1.82, 2.24) is 10.2 Å². The number of rotatable bonds is 5. The minimum atomic E-state index is 0.220. The second-order valence-electron chi connectivity index (χ2n) is 8.81. The number of hydrogen-bond acceptors (Lipinski definition) is 3. The van der Waals surface area contributed by atoms with Crippen LogP contribution in [0.5, 0.6) is 0 Å². The average Bonchev–Trinajstić information content (AvgIpc) is 2.62. The summed E-state index contributed by atoms with van der Waals surface area (Å²) in [6, 6.07) is 0.378. The summed E-state index contributed by atoms with van der Waals surface area (Å²) in [5.41, 5.74) is 0. The minimum Gasteiger partial charge on any atom is -0.375 e. The molecule has 1 N–H and O–H groups in total. The summed E-state index contributed by atoms with van der Waals surface area (Å²) < 4.78 is 6.31. The number of piperidine rings is 1. The number of nitrogens with zero attached hydrogens (tertiary/aromatic N) is 1. The molecule has 0 aromatic rings. The SMILES string of the molecule is CC1CCCC(NC(=O)CN2CCC(OC3CCCCC3)CC2)C1C. The molecule has 2 aliphatic carbocycles. The van der Waals surface area contributed by atoms with Crippen LogP contribution in [0.15, 0.2) is 0 Å². The second kappa shape index (κ2) is 9.36. The Morgan fingerprint density at radius 2 is 1.60 bits per heavy atom. The van der Waals surface area contributed by atoms with Gasteiger partial charge in [0.2, 0.25) is 5.91 Å². The molecule has 2 saturated carbocycles. The number of carbonyl (C=O) groups excluding carboxylic acids is 1. The van der Waals surface area contributed by atoms with Crippen molar-refractivity contribution in [2.45, 2.75) is 96.3 Å². The Balaban J connectivity index is 1.34. The first-order valence-electron chi connectivity index (χ1n) is 10.8. The summed E-state index contributed by atoms with van der Waals surface area (Å²) in [4.78, 5) is 14.8. The average molecular weight is 351 g/mol. The Bertz CT molecular complexity index is 414. The van der Waals surface area contributed by atoms with Crippen LogP contribution >= 0.6 is 0 Å². The van der Waals surface area contributed by atoms with Crippen LogP contribution in [0.3, 0.4) is 0 Å². The number of amides is 1. The highest BCUT2D eigenvalue weighted by molar-refractivity contribution is 5.78. The molecule has 4 heteroatoms. The van der Waals surface area contributed by atoms with E-state index in [1.807, 2.05) is 0 Å². The van der Waals surface area contributed by atoms with E-state index in [4.69, 9.17) is 4.74 Å². The Morgan fingerprint density at radius 1 is 0.920 bits per heavy atom. The molecule has 1 saturated heterocycles. The van der Waals surface area contributed by atoms with Crippen molar-refractivity contribution in [3.63, 3.8) is 0 Å². The van der Waals surface area contributed by atoms with E-state index < -0.39 is 0 Å². The van der Waals surface area contributed by atoms with E-state index in [1.54, 1.807) is 0 Å². The number of likely N-dealkylation sites (tertiary alicyclic amines) is 1. The number of carbonyl (C=O) groups is 1. The molecule has 0 radical (unpaired) electrons. The summed E-state index contributed by atoms with van der Waals surface area (Å²) in [6.07, 6.45) is 13.3. The molecule has 25 heavy (non-hydrogen) atoms. The van der Waals surface area contributed by atoms with Crippen molar-refractivity contribution in [3.8, 4) is 0 Å². The Morgan fingerprint density at radius 3 is 2.32 bits per heavy atom. The first-order chi connectivity index (χ1) is 12.1. The lowest BCUT2D eigenvalue weighted by atomic mass is 9.78. The predicted octanol–water partition coefficient (Wildman–Crippen LogP) is 3.74. The maximum Gasteiger partial charge on any atom is 0.234 e. The van der Waals surface area contributed by atoms with Crippen molar-refractivity contribution in [2.75, 3.05) is 19.6 Å². The van der Waals surface area contributed by atoms with Crippen LogP contribution in [-0.4, -0.2) is 48.7 Å². The Kier molecular flexibility index (Phi) is 7.18. The van der Waals surface area contributed by atoms with Crippen LogP contribution in [0, 0.1) is 11.8 Å². The quantitative estimate of drug-likeness (QED) is 0.821. The molecular formula is C21H38N2O2. The smallest absolute Gasteiger partial charge is 0.234 e. The zero-order valence-corrected chi connectivity index (χ0v) is 16.3. The molecule has 1 amide bonds. The summed E-state index contributed by atoms with van der Waals surface area (Å²) in [7, 11) is 0. The molecule has 3 unspecified atom stereocenters. The van der Waals surface area contributed by atoms with Gasteiger partial charge in [-0.2, -0.15) is 0 Å². The third-order valence-electron chi connectivity index (χ3n) is 6.89. The highest BCUT2D eigenvalue weighted by Crippen LogP contribution is 2.29. The zero-order valence-electron chi connectivity index (χ0n) is 16.3. The van der Waals surface area contributed by atoms with E-state index >= 15 is 0 Å². The van der Waals surface area contributed by atoms with Crippen molar-refractivity contribution in [1.29, 1.82) is 0 Å². The largest absolute Gasteiger partial charge is 0.375 e. The van der Waals surface area contributed by atoms with Crippen LogP contribution in [0.2, 0.25) is 0 Å². The van der Waals surface area contributed by atoms with E-state index in [0.717, 1.165) is 38.3 Å². The number of nitrogens with one attached hydrogen (secondary N) is 1. The van der Waals surface area contributed by atoms with Crippen LogP contribution < -0.4 is 5.32 Å². The summed E-state index contributed by atoms with van der Waals surface area (Å²) >= 11 is 0. The van der Waals surface area contributed by atoms with Gasteiger partial charge in [0.15, 0.2) is 0 Å². The van der Waals surface area contributed by atoms with Gasteiger partial charge in [-0.15, -0.1) is 0 Å². The van der Waals surface area contributed by atoms with E-state index in [0.29, 0.717) is 30.7 Å².